The van der Waals surface area contributed by atoms with E-state index >= 15 is 0 Å². The Balaban J connectivity index is 1.61. The number of aromatic nitrogens is 3. The van der Waals surface area contributed by atoms with Crippen LogP contribution in [0.15, 0.2) is 43.0 Å². The third-order valence-electron chi connectivity index (χ3n) is 4.75. The number of likely N-dealkylation sites (tertiary alicyclic amines) is 1. The molecule has 0 saturated carbocycles. The highest BCUT2D eigenvalue weighted by atomic mass is 16.2. The second-order valence-electron chi connectivity index (χ2n) is 6.92. The monoisotopic (exact) mass is 327 g/mol. The maximum Gasteiger partial charge on any atom is 0.317 e. The lowest BCUT2D eigenvalue weighted by Crippen LogP contribution is -2.52. The number of carbonyl (C=O) groups excluding carboxylic acids is 1. The number of nitrogens with zero attached hydrogens (tertiary/aromatic N) is 4. The van der Waals surface area contributed by atoms with Gasteiger partial charge in [-0.15, -0.1) is 0 Å². The number of hydrogen-bond donors (Lipinski definition) is 1. The lowest BCUT2D eigenvalue weighted by molar-refractivity contribution is 0.152. The van der Waals surface area contributed by atoms with Crippen molar-refractivity contribution < 1.29 is 4.79 Å². The van der Waals surface area contributed by atoms with Crippen molar-refractivity contribution in [1.29, 1.82) is 0 Å². The first-order valence-electron chi connectivity index (χ1n) is 8.50. The van der Waals surface area contributed by atoms with Crippen LogP contribution < -0.4 is 5.32 Å². The quantitative estimate of drug-likeness (QED) is 0.938. The number of carbonyl (C=O) groups is 1. The van der Waals surface area contributed by atoms with Gasteiger partial charge in [0.15, 0.2) is 0 Å². The molecular formula is C18H25N5O. The van der Waals surface area contributed by atoms with Gasteiger partial charge >= 0.3 is 6.03 Å². The van der Waals surface area contributed by atoms with Gasteiger partial charge < -0.3 is 10.2 Å². The number of amides is 2. The highest BCUT2D eigenvalue weighted by Crippen LogP contribution is 2.33. The summed E-state index contributed by atoms with van der Waals surface area (Å²) in [5.74, 6) is 0. The zero-order chi connectivity index (χ0) is 17.0. The molecule has 6 heteroatoms. The molecule has 2 heterocycles. The standard InChI is InChI=1S/C18H25N5O/c1-15(11-23-14-19-13-20-23)21-17(24)22-10-6-9-18(2,12-22)16-7-4-3-5-8-16/h3-5,7-8,13-15H,6,9-12H2,1-2H3,(H,21,24)/t15-,18+/m0/s1. The molecule has 0 bridgehead atoms. The van der Waals surface area contributed by atoms with Crippen molar-refractivity contribution in [3.63, 3.8) is 0 Å². The van der Waals surface area contributed by atoms with E-state index in [1.54, 1.807) is 11.0 Å². The van der Waals surface area contributed by atoms with Crippen LogP contribution in [-0.2, 0) is 12.0 Å². The fourth-order valence-electron chi connectivity index (χ4n) is 3.44. The lowest BCUT2D eigenvalue weighted by atomic mass is 9.76. The average Bonchev–Trinajstić information content (AvgIpc) is 3.08. The molecule has 0 unspecified atom stereocenters. The summed E-state index contributed by atoms with van der Waals surface area (Å²) in [4.78, 5) is 18.5. The molecule has 1 aromatic heterocycles. The third-order valence-corrected chi connectivity index (χ3v) is 4.75. The van der Waals surface area contributed by atoms with E-state index in [1.165, 1.54) is 11.9 Å². The first-order valence-corrected chi connectivity index (χ1v) is 8.50. The maximum absolute atomic E-state index is 12.6. The van der Waals surface area contributed by atoms with Gasteiger partial charge in [-0.25, -0.2) is 9.78 Å². The van der Waals surface area contributed by atoms with Crippen molar-refractivity contribution in [2.75, 3.05) is 13.1 Å². The Morgan fingerprint density at radius 1 is 1.38 bits per heavy atom. The van der Waals surface area contributed by atoms with E-state index < -0.39 is 0 Å². The first-order chi connectivity index (χ1) is 11.6. The molecule has 0 spiro atoms. The maximum atomic E-state index is 12.6. The third kappa shape index (κ3) is 3.75. The first kappa shape index (κ1) is 16.5. The summed E-state index contributed by atoms with van der Waals surface area (Å²) in [7, 11) is 0. The number of nitrogens with one attached hydrogen (secondary N) is 1. The van der Waals surface area contributed by atoms with Gasteiger partial charge in [-0.2, -0.15) is 5.10 Å². The van der Waals surface area contributed by atoms with Gasteiger partial charge in [0.1, 0.15) is 12.7 Å². The molecular weight excluding hydrogens is 302 g/mol. The van der Waals surface area contributed by atoms with Gasteiger partial charge in [-0.05, 0) is 25.3 Å². The largest absolute Gasteiger partial charge is 0.334 e. The van der Waals surface area contributed by atoms with E-state index in [0.717, 1.165) is 25.9 Å². The summed E-state index contributed by atoms with van der Waals surface area (Å²) in [5, 5.41) is 7.15. The molecule has 1 fully saturated rings. The van der Waals surface area contributed by atoms with Crippen molar-refractivity contribution in [3.8, 4) is 0 Å². The summed E-state index contributed by atoms with van der Waals surface area (Å²) in [6.07, 6.45) is 5.30. The van der Waals surface area contributed by atoms with Crippen molar-refractivity contribution in [1.82, 2.24) is 25.0 Å². The second kappa shape index (κ2) is 7.03. The van der Waals surface area contributed by atoms with E-state index in [-0.39, 0.29) is 17.5 Å². The molecule has 2 aromatic rings. The molecule has 3 rings (SSSR count). The SMILES string of the molecule is C[C@@H](Cn1cncn1)NC(=O)N1CCC[C@@](C)(c2ccccc2)C1. The van der Waals surface area contributed by atoms with E-state index in [4.69, 9.17) is 0 Å². The Kier molecular flexibility index (Phi) is 4.83. The molecule has 1 N–H and O–H groups in total. The molecule has 0 aliphatic carbocycles. The fourth-order valence-corrected chi connectivity index (χ4v) is 3.44. The Bertz CT molecular complexity index is 657. The summed E-state index contributed by atoms with van der Waals surface area (Å²) in [6.45, 7) is 6.42. The molecule has 24 heavy (non-hydrogen) atoms. The number of piperidine rings is 1. The van der Waals surface area contributed by atoms with Crippen LogP contribution in [0.2, 0.25) is 0 Å². The highest BCUT2D eigenvalue weighted by Gasteiger charge is 2.34. The number of rotatable bonds is 4. The molecule has 6 nitrogen and oxygen atoms in total. The van der Waals surface area contributed by atoms with Gasteiger partial charge in [0.2, 0.25) is 0 Å². The minimum atomic E-state index is 0.00380. The van der Waals surface area contributed by atoms with Crippen LogP contribution in [-0.4, -0.2) is 44.8 Å². The molecule has 1 aliphatic heterocycles. The molecule has 1 aromatic carbocycles. The zero-order valence-electron chi connectivity index (χ0n) is 14.4. The minimum absolute atomic E-state index is 0.00380. The van der Waals surface area contributed by atoms with Crippen LogP contribution in [0.5, 0.6) is 0 Å². The van der Waals surface area contributed by atoms with E-state index in [2.05, 4.69) is 46.6 Å². The highest BCUT2D eigenvalue weighted by molar-refractivity contribution is 5.74. The van der Waals surface area contributed by atoms with Crippen LogP contribution in [0.4, 0.5) is 4.79 Å². The predicted molar refractivity (Wildman–Crippen MR) is 92.6 cm³/mol. The summed E-state index contributed by atoms with van der Waals surface area (Å²) < 4.78 is 1.73. The number of hydrogen-bond acceptors (Lipinski definition) is 3. The molecule has 0 radical (unpaired) electrons. The van der Waals surface area contributed by atoms with Crippen molar-refractivity contribution in [2.45, 2.75) is 44.7 Å². The van der Waals surface area contributed by atoms with E-state index in [1.807, 2.05) is 17.9 Å². The molecule has 2 amide bonds. The topological polar surface area (TPSA) is 63.1 Å². The van der Waals surface area contributed by atoms with Gasteiger partial charge in [0, 0.05) is 24.5 Å². The second-order valence-corrected chi connectivity index (χ2v) is 6.92. The van der Waals surface area contributed by atoms with Crippen molar-refractivity contribution in [2.24, 2.45) is 0 Å². The van der Waals surface area contributed by atoms with Crippen molar-refractivity contribution >= 4 is 6.03 Å². The van der Waals surface area contributed by atoms with Crippen LogP contribution in [0.1, 0.15) is 32.3 Å². The normalized spacial score (nSPS) is 22.2. The van der Waals surface area contributed by atoms with E-state index in [0.29, 0.717) is 6.54 Å². The zero-order valence-corrected chi connectivity index (χ0v) is 14.4. The Labute approximate surface area is 142 Å². The number of urea groups is 1. The minimum Gasteiger partial charge on any atom is -0.334 e. The van der Waals surface area contributed by atoms with Crippen LogP contribution >= 0.6 is 0 Å². The van der Waals surface area contributed by atoms with Gasteiger partial charge in [-0.3, -0.25) is 4.68 Å². The van der Waals surface area contributed by atoms with Gasteiger partial charge in [0.25, 0.3) is 0 Å². The van der Waals surface area contributed by atoms with Gasteiger partial charge in [0.05, 0.1) is 6.54 Å². The fraction of sp³-hybridized carbons (Fsp3) is 0.500. The molecule has 1 aliphatic rings. The summed E-state index contributed by atoms with van der Waals surface area (Å²) in [5.41, 5.74) is 1.32. The van der Waals surface area contributed by atoms with E-state index in [9.17, 15) is 4.79 Å². The lowest BCUT2D eigenvalue weighted by Gasteiger charge is -2.41. The Morgan fingerprint density at radius 2 is 2.17 bits per heavy atom. The van der Waals surface area contributed by atoms with Crippen LogP contribution in [0.25, 0.3) is 0 Å². The summed E-state index contributed by atoms with van der Waals surface area (Å²) in [6, 6.07) is 10.5. The number of benzene rings is 1. The molecule has 1 saturated heterocycles. The van der Waals surface area contributed by atoms with Crippen LogP contribution in [0.3, 0.4) is 0 Å². The van der Waals surface area contributed by atoms with Crippen molar-refractivity contribution in [3.05, 3.63) is 48.5 Å². The Morgan fingerprint density at radius 3 is 2.88 bits per heavy atom. The predicted octanol–water partition coefficient (Wildman–Crippen LogP) is 2.43. The Hall–Kier alpha value is -2.37. The summed E-state index contributed by atoms with van der Waals surface area (Å²) >= 11 is 0. The average molecular weight is 327 g/mol. The van der Waals surface area contributed by atoms with Crippen LogP contribution in [0, 0.1) is 0 Å². The van der Waals surface area contributed by atoms with Gasteiger partial charge in [-0.1, -0.05) is 37.3 Å². The smallest absolute Gasteiger partial charge is 0.317 e. The molecule has 2 atom stereocenters. The molecule has 128 valence electrons.